The lowest BCUT2D eigenvalue weighted by atomic mass is 10.2. The molecule has 0 saturated carbocycles. The van der Waals surface area contributed by atoms with Crippen LogP contribution >= 0.6 is 11.6 Å². The van der Waals surface area contributed by atoms with Crippen LogP contribution < -0.4 is 10.2 Å². The number of piperazine rings is 1. The van der Waals surface area contributed by atoms with Crippen molar-refractivity contribution in [2.45, 2.75) is 6.92 Å². The number of aromatic nitrogens is 3. The Bertz CT molecular complexity index is 987. The van der Waals surface area contributed by atoms with Gasteiger partial charge in [0.25, 0.3) is 0 Å². The van der Waals surface area contributed by atoms with Crippen molar-refractivity contribution in [3.05, 3.63) is 53.4 Å². The van der Waals surface area contributed by atoms with E-state index in [2.05, 4.69) is 25.2 Å². The highest BCUT2D eigenvalue weighted by atomic mass is 35.5. The number of halogens is 1. The molecule has 138 valence electrons. The second-order valence-corrected chi connectivity index (χ2v) is 6.86. The van der Waals surface area contributed by atoms with Crippen molar-refractivity contribution in [1.82, 2.24) is 19.9 Å². The summed E-state index contributed by atoms with van der Waals surface area (Å²) in [5, 5.41) is 3.37. The van der Waals surface area contributed by atoms with Gasteiger partial charge in [0.15, 0.2) is 5.82 Å². The Hall–Kier alpha value is -2.93. The van der Waals surface area contributed by atoms with Crippen molar-refractivity contribution in [3.8, 4) is 0 Å². The van der Waals surface area contributed by atoms with Gasteiger partial charge in [0.05, 0.1) is 5.52 Å². The van der Waals surface area contributed by atoms with Crippen molar-refractivity contribution in [3.63, 3.8) is 0 Å². The number of urea groups is 1. The van der Waals surface area contributed by atoms with Gasteiger partial charge in [-0.3, -0.25) is 0 Å². The number of nitrogens with zero attached hydrogens (tertiary/aromatic N) is 5. The van der Waals surface area contributed by atoms with Gasteiger partial charge in [-0.2, -0.15) is 0 Å². The van der Waals surface area contributed by atoms with Crippen LogP contribution in [0.5, 0.6) is 0 Å². The summed E-state index contributed by atoms with van der Waals surface area (Å²) in [4.78, 5) is 29.5. The van der Waals surface area contributed by atoms with Crippen LogP contribution in [0.4, 0.5) is 16.3 Å². The first-order chi connectivity index (χ1) is 13.1. The number of carbonyl (C=O) groups is 1. The highest BCUT2D eigenvalue weighted by molar-refractivity contribution is 6.29. The summed E-state index contributed by atoms with van der Waals surface area (Å²) >= 11 is 6.04. The quantitative estimate of drug-likeness (QED) is 0.688. The van der Waals surface area contributed by atoms with E-state index in [1.807, 2.05) is 42.2 Å². The van der Waals surface area contributed by atoms with E-state index in [4.69, 9.17) is 11.6 Å². The predicted octanol–water partition coefficient (Wildman–Crippen LogP) is 3.34. The topological polar surface area (TPSA) is 74.2 Å². The smallest absolute Gasteiger partial charge is 0.321 e. The van der Waals surface area contributed by atoms with Crippen LogP contribution in [0.3, 0.4) is 0 Å². The fourth-order valence-electron chi connectivity index (χ4n) is 3.18. The Balaban J connectivity index is 1.45. The summed E-state index contributed by atoms with van der Waals surface area (Å²) in [5.41, 5.74) is 3.36. The molecule has 1 aromatic carbocycles. The first kappa shape index (κ1) is 17.5. The summed E-state index contributed by atoms with van der Waals surface area (Å²) in [7, 11) is 0. The molecule has 7 nitrogen and oxygen atoms in total. The van der Waals surface area contributed by atoms with Gasteiger partial charge in [0, 0.05) is 31.9 Å². The Morgan fingerprint density at radius 1 is 1.11 bits per heavy atom. The van der Waals surface area contributed by atoms with Gasteiger partial charge in [-0.05, 0) is 36.8 Å². The highest BCUT2D eigenvalue weighted by Gasteiger charge is 2.23. The van der Waals surface area contributed by atoms with Crippen molar-refractivity contribution in [1.29, 1.82) is 0 Å². The molecule has 0 atom stereocenters. The molecule has 2 amide bonds. The van der Waals surface area contributed by atoms with E-state index in [1.165, 1.54) is 6.33 Å². The van der Waals surface area contributed by atoms with Crippen molar-refractivity contribution < 1.29 is 4.79 Å². The second-order valence-electron chi connectivity index (χ2n) is 6.47. The molecule has 0 spiro atoms. The van der Waals surface area contributed by atoms with Crippen LogP contribution in [-0.2, 0) is 0 Å². The van der Waals surface area contributed by atoms with E-state index in [0.717, 1.165) is 22.6 Å². The first-order valence-corrected chi connectivity index (χ1v) is 9.13. The Morgan fingerprint density at radius 3 is 2.70 bits per heavy atom. The van der Waals surface area contributed by atoms with Crippen molar-refractivity contribution >= 4 is 40.2 Å². The maximum atomic E-state index is 12.5. The number of amides is 2. The number of pyridine rings is 1. The molecule has 3 heterocycles. The molecule has 1 aliphatic rings. The van der Waals surface area contributed by atoms with Crippen LogP contribution in [0.15, 0.2) is 42.7 Å². The third-order valence-electron chi connectivity index (χ3n) is 4.56. The first-order valence-electron chi connectivity index (χ1n) is 8.75. The molecule has 1 fully saturated rings. The van der Waals surface area contributed by atoms with Crippen LogP contribution in [-0.4, -0.2) is 52.1 Å². The number of carbonyl (C=O) groups excluding carboxylic acids is 1. The van der Waals surface area contributed by atoms with Gasteiger partial charge in [0.2, 0.25) is 0 Å². The number of nitrogens with one attached hydrogen (secondary N) is 1. The van der Waals surface area contributed by atoms with Gasteiger partial charge >= 0.3 is 6.03 Å². The minimum atomic E-state index is -0.0889. The summed E-state index contributed by atoms with van der Waals surface area (Å²) in [6.45, 7) is 4.54. The molecule has 4 rings (SSSR count). The normalized spacial score (nSPS) is 14.4. The Morgan fingerprint density at radius 2 is 1.93 bits per heavy atom. The number of aryl methyl sites for hydroxylation is 1. The zero-order valence-electron chi connectivity index (χ0n) is 14.9. The maximum absolute atomic E-state index is 12.5. The number of rotatable bonds is 2. The second kappa shape index (κ2) is 7.36. The van der Waals surface area contributed by atoms with Crippen LogP contribution in [0, 0.1) is 6.92 Å². The third kappa shape index (κ3) is 3.78. The monoisotopic (exact) mass is 382 g/mol. The molecule has 1 saturated heterocycles. The molecule has 1 aliphatic heterocycles. The number of hydrogen-bond acceptors (Lipinski definition) is 5. The summed E-state index contributed by atoms with van der Waals surface area (Å²) in [5.74, 6) is 0.751. The lowest BCUT2D eigenvalue weighted by molar-refractivity contribution is 0.208. The molecule has 1 N–H and O–H groups in total. The molecule has 8 heteroatoms. The fourth-order valence-corrected chi connectivity index (χ4v) is 3.33. The molecule has 0 aliphatic carbocycles. The summed E-state index contributed by atoms with van der Waals surface area (Å²) < 4.78 is 0. The van der Waals surface area contributed by atoms with Gasteiger partial charge in [-0.15, -0.1) is 0 Å². The van der Waals surface area contributed by atoms with Crippen molar-refractivity contribution in [2.24, 2.45) is 0 Å². The summed E-state index contributed by atoms with van der Waals surface area (Å²) in [6.07, 6.45) is 1.53. The lowest BCUT2D eigenvalue weighted by Gasteiger charge is -2.35. The zero-order chi connectivity index (χ0) is 18.8. The molecular weight excluding hydrogens is 364 g/mol. The molecule has 0 unspecified atom stereocenters. The zero-order valence-corrected chi connectivity index (χ0v) is 15.6. The minimum absolute atomic E-state index is 0.0889. The third-order valence-corrected chi connectivity index (χ3v) is 4.77. The molecule has 27 heavy (non-hydrogen) atoms. The molecule has 0 bridgehead atoms. The molecule has 0 radical (unpaired) electrons. The number of benzene rings is 1. The van der Waals surface area contributed by atoms with Gasteiger partial charge in [-0.25, -0.2) is 19.7 Å². The standard InChI is InChI=1S/C19H19ClN6O/c1-13-3-2-4-14(11-13)23-19(27)26-9-7-25(8-10-26)18-17-15(21-12-22-18)5-6-16(20)24-17/h2-6,11-12H,7-10H2,1H3,(H,23,27). The van der Waals surface area contributed by atoms with E-state index >= 15 is 0 Å². The lowest BCUT2D eigenvalue weighted by Crippen LogP contribution is -2.50. The molecule has 3 aromatic rings. The van der Waals surface area contributed by atoms with Gasteiger partial charge in [0.1, 0.15) is 17.0 Å². The van der Waals surface area contributed by atoms with Gasteiger partial charge in [-0.1, -0.05) is 23.7 Å². The number of fused-ring (bicyclic) bond motifs is 1. The average Bonchev–Trinajstić information content (AvgIpc) is 2.67. The Kier molecular flexibility index (Phi) is 4.77. The number of anilines is 2. The highest BCUT2D eigenvalue weighted by Crippen LogP contribution is 2.24. The SMILES string of the molecule is Cc1cccc(NC(=O)N2CCN(c3ncnc4ccc(Cl)nc34)CC2)c1. The maximum Gasteiger partial charge on any atom is 0.321 e. The minimum Gasteiger partial charge on any atom is -0.351 e. The van der Waals surface area contributed by atoms with E-state index in [0.29, 0.717) is 36.8 Å². The molecule has 2 aromatic heterocycles. The van der Waals surface area contributed by atoms with Crippen LogP contribution in [0.25, 0.3) is 11.0 Å². The van der Waals surface area contributed by atoms with E-state index in [9.17, 15) is 4.79 Å². The molecular formula is C19H19ClN6O. The Labute approximate surface area is 162 Å². The van der Waals surface area contributed by atoms with E-state index < -0.39 is 0 Å². The van der Waals surface area contributed by atoms with Crippen LogP contribution in [0.2, 0.25) is 5.15 Å². The predicted molar refractivity (Wildman–Crippen MR) is 106 cm³/mol. The number of hydrogen-bond donors (Lipinski definition) is 1. The fraction of sp³-hybridized carbons (Fsp3) is 0.263. The van der Waals surface area contributed by atoms with Gasteiger partial charge < -0.3 is 15.1 Å². The largest absolute Gasteiger partial charge is 0.351 e. The van der Waals surface area contributed by atoms with E-state index in [-0.39, 0.29) is 6.03 Å². The average molecular weight is 383 g/mol. The van der Waals surface area contributed by atoms with Crippen molar-refractivity contribution in [2.75, 3.05) is 36.4 Å². The van der Waals surface area contributed by atoms with Crippen LogP contribution in [0.1, 0.15) is 5.56 Å². The van der Waals surface area contributed by atoms with E-state index in [1.54, 1.807) is 6.07 Å². The summed E-state index contributed by atoms with van der Waals surface area (Å²) in [6, 6.07) is 11.2.